The quantitative estimate of drug-likeness (QED) is 0.197. The van der Waals surface area contributed by atoms with E-state index in [0.717, 1.165) is 18.5 Å². The number of para-hydroxylation sites is 1. The molecule has 4 N–H and O–H groups in total. The highest BCUT2D eigenvalue weighted by Crippen LogP contribution is 2.39. The first-order valence-corrected chi connectivity index (χ1v) is 14.8. The van der Waals surface area contributed by atoms with Crippen LogP contribution >= 0.6 is 23.2 Å². The van der Waals surface area contributed by atoms with Crippen molar-refractivity contribution in [2.75, 3.05) is 73.2 Å². The summed E-state index contributed by atoms with van der Waals surface area (Å²) < 4.78 is 31.8. The number of rotatable bonds is 13. The molecule has 0 radical (unpaired) electrons. The number of anilines is 7. The van der Waals surface area contributed by atoms with Gasteiger partial charge in [0.05, 0.1) is 53.0 Å². The molecular weight excluding hydrogens is 591 g/mol. The molecule has 15 heteroatoms. The van der Waals surface area contributed by atoms with Crippen LogP contribution in [0.3, 0.4) is 0 Å². The zero-order valence-corrected chi connectivity index (χ0v) is 25.6. The van der Waals surface area contributed by atoms with Crippen LogP contribution < -0.4 is 30.3 Å². The number of aromatic nitrogens is 2. The molecule has 0 aliphatic rings. The molecule has 2 aromatic carbocycles. The van der Waals surface area contributed by atoms with Crippen LogP contribution in [0.25, 0.3) is 0 Å². The second-order valence-corrected chi connectivity index (χ2v) is 11.7. The van der Waals surface area contributed by atoms with Gasteiger partial charge in [-0.25, -0.2) is 13.4 Å². The van der Waals surface area contributed by atoms with Gasteiger partial charge in [0.1, 0.15) is 10.8 Å². The summed E-state index contributed by atoms with van der Waals surface area (Å²) in [6.45, 7) is 5.02. The first kappa shape index (κ1) is 31.7. The van der Waals surface area contributed by atoms with Crippen LogP contribution in [0.2, 0.25) is 10.0 Å². The van der Waals surface area contributed by atoms with Crippen LogP contribution in [0.1, 0.15) is 0 Å². The van der Waals surface area contributed by atoms with Gasteiger partial charge < -0.3 is 30.5 Å². The Morgan fingerprint density at radius 3 is 2.44 bits per heavy atom. The number of hydrogen-bond donors (Lipinski definition) is 4. The van der Waals surface area contributed by atoms with E-state index >= 15 is 0 Å². The lowest BCUT2D eigenvalue weighted by atomic mass is 10.2. The van der Waals surface area contributed by atoms with Crippen LogP contribution in [-0.2, 0) is 14.8 Å². The fourth-order valence-electron chi connectivity index (χ4n) is 3.59. The summed E-state index contributed by atoms with van der Waals surface area (Å²) in [5.74, 6) is 0.417. The Bertz CT molecular complexity index is 1540. The lowest BCUT2D eigenvalue weighted by Crippen LogP contribution is -2.29. The molecule has 1 aromatic heterocycles. The molecule has 3 rings (SSSR count). The van der Waals surface area contributed by atoms with Gasteiger partial charge in [0, 0.05) is 26.2 Å². The smallest absolute Gasteiger partial charge is 0.247 e. The second-order valence-electron chi connectivity index (χ2n) is 9.16. The minimum atomic E-state index is -3.62. The third kappa shape index (κ3) is 8.85. The maximum absolute atomic E-state index is 12.2. The lowest BCUT2D eigenvalue weighted by molar-refractivity contribution is -0.111. The molecule has 0 fully saturated rings. The molecule has 0 atom stereocenters. The normalized spacial score (nSPS) is 11.1. The molecule has 41 heavy (non-hydrogen) atoms. The summed E-state index contributed by atoms with van der Waals surface area (Å²) in [5.41, 5.74) is 2.18. The average molecular weight is 624 g/mol. The molecule has 0 unspecified atom stereocenters. The Balaban J connectivity index is 1.99. The standard InChI is InChI=1S/C26H32Cl2N8O4S/c1-7-23(37)30-19-13-20(22(40-5)14-21(19)36(4)12-11-35(2)3)32-26-29-15-17(28)25(33-26)31-18-10-8-9-16(27)24(18)34-41(6,38)39/h7-10,13-15,34H,1,11-12H2,2-6H3,(H,30,37)(H2,29,31,32,33). The van der Waals surface area contributed by atoms with Gasteiger partial charge in [-0.1, -0.05) is 35.8 Å². The summed E-state index contributed by atoms with van der Waals surface area (Å²) in [5, 5.41) is 9.30. The molecule has 0 aliphatic heterocycles. The number of amides is 1. The molecule has 0 spiro atoms. The fraction of sp³-hybridized carbons (Fsp3) is 0.269. The zero-order chi connectivity index (χ0) is 30.3. The minimum absolute atomic E-state index is 0.138. The molecule has 0 saturated carbocycles. The number of carbonyl (C=O) groups is 1. The molecule has 220 valence electrons. The zero-order valence-electron chi connectivity index (χ0n) is 23.2. The Kier molecular flexibility index (Phi) is 10.6. The van der Waals surface area contributed by atoms with E-state index < -0.39 is 10.0 Å². The highest BCUT2D eigenvalue weighted by atomic mass is 35.5. The van der Waals surface area contributed by atoms with E-state index in [2.05, 4.69) is 42.1 Å². The van der Waals surface area contributed by atoms with Gasteiger partial charge in [0.15, 0.2) is 5.82 Å². The lowest BCUT2D eigenvalue weighted by Gasteiger charge is -2.26. The van der Waals surface area contributed by atoms with E-state index in [1.54, 1.807) is 30.3 Å². The first-order chi connectivity index (χ1) is 19.3. The van der Waals surface area contributed by atoms with Crippen molar-refractivity contribution in [1.29, 1.82) is 0 Å². The Labute approximate surface area is 249 Å². The van der Waals surface area contributed by atoms with Gasteiger partial charge in [-0.15, -0.1) is 0 Å². The largest absolute Gasteiger partial charge is 0.494 e. The monoisotopic (exact) mass is 622 g/mol. The number of methoxy groups -OCH3 is 1. The summed E-state index contributed by atoms with van der Waals surface area (Å²) in [7, 11) is 3.77. The van der Waals surface area contributed by atoms with Crippen molar-refractivity contribution in [2.24, 2.45) is 0 Å². The Hall–Kier alpha value is -3.78. The van der Waals surface area contributed by atoms with E-state index in [-0.39, 0.29) is 33.4 Å². The van der Waals surface area contributed by atoms with Gasteiger partial charge in [-0.2, -0.15) is 4.98 Å². The summed E-state index contributed by atoms with van der Waals surface area (Å²) in [4.78, 5) is 25.0. The molecule has 0 saturated heterocycles. The molecular formula is C26H32Cl2N8O4S. The molecule has 1 heterocycles. The third-order valence-electron chi connectivity index (χ3n) is 5.60. The van der Waals surface area contributed by atoms with Crippen LogP contribution in [0.4, 0.5) is 40.2 Å². The molecule has 12 nitrogen and oxygen atoms in total. The topological polar surface area (TPSA) is 141 Å². The molecule has 1 amide bonds. The Morgan fingerprint density at radius 2 is 1.80 bits per heavy atom. The van der Waals surface area contributed by atoms with Gasteiger partial charge in [0.2, 0.25) is 21.9 Å². The first-order valence-electron chi connectivity index (χ1n) is 12.2. The number of sulfonamides is 1. The minimum Gasteiger partial charge on any atom is -0.494 e. The van der Waals surface area contributed by atoms with E-state index in [9.17, 15) is 13.2 Å². The van der Waals surface area contributed by atoms with Crippen LogP contribution in [0, 0.1) is 0 Å². The van der Waals surface area contributed by atoms with Crippen molar-refractivity contribution in [2.45, 2.75) is 0 Å². The van der Waals surface area contributed by atoms with Crippen LogP contribution in [0.15, 0.2) is 49.2 Å². The van der Waals surface area contributed by atoms with Crippen molar-refractivity contribution in [1.82, 2.24) is 14.9 Å². The number of benzene rings is 2. The fourth-order valence-corrected chi connectivity index (χ4v) is 4.59. The van der Waals surface area contributed by atoms with Crippen molar-refractivity contribution < 1.29 is 17.9 Å². The van der Waals surface area contributed by atoms with Gasteiger partial charge >= 0.3 is 0 Å². The van der Waals surface area contributed by atoms with E-state index in [0.29, 0.717) is 29.4 Å². The van der Waals surface area contributed by atoms with Gasteiger partial charge in [0.25, 0.3) is 0 Å². The maximum Gasteiger partial charge on any atom is 0.247 e. The SMILES string of the molecule is C=CC(=O)Nc1cc(Nc2ncc(Cl)c(Nc3cccc(Cl)c3NS(C)(=O)=O)n2)c(OC)cc1N(C)CCN(C)C. The van der Waals surface area contributed by atoms with Crippen molar-refractivity contribution in [3.05, 3.63) is 59.2 Å². The van der Waals surface area contributed by atoms with Gasteiger partial charge in [-0.05, 0) is 38.4 Å². The van der Waals surface area contributed by atoms with Crippen molar-refractivity contribution in [3.8, 4) is 5.75 Å². The third-order valence-corrected chi connectivity index (χ3v) is 6.77. The van der Waals surface area contributed by atoms with E-state index in [1.165, 1.54) is 19.4 Å². The predicted molar refractivity (Wildman–Crippen MR) is 167 cm³/mol. The second kappa shape index (κ2) is 13.7. The average Bonchev–Trinajstić information content (AvgIpc) is 2.90. The highest BCUT2D eigenvalue weighted by Gasteiger charge is 2.18. The number of nitrogens with one attached hydrogen (secondary N) is 4. The molecule has 0 bridgehead atoms. The number of nitrogens with zero attached hydrogens (tertiary/aromatic N) is 4. The number of ether oxygens (including phenoxy) is 1. The summed E-state index contributed by atoms with van der Waals surface area (Å²) in [6, 6.07) is 8.31. The molecule has 3 aromatic rings. The van der Waals surface area contributed by atoms with E-state index in [4.69, 9.17) is 27.9 Å². The van der Waals surface area contributed by atoms with Crippen molar-refractivity contribution in [3.63, 3.8) is 0 Å². The predicted octanol–water partition coefficient (Wildman–Crippen LogP) is 4.77. The number of carbonyl (C=O) groups excluding carboxylic acids is 1. The number of hydrogen-bond acceptors (Lipinski definition) is 10. The Morgan fingerprint density at radius 1 is 1.07 bits per heavy atom. The van der Waals surface area contributed by atoms with Crippen LogP contribution in [0.5, 0.6) is 5.75 Å². The van der Waals surface area contributed by atoms with Crippen molar-refractivity contribution >= 4 is 79.3 Å². The number of halogens is 2. The highest BCUT2D eigenvalue weighted by molar-refractivity contribution is 7.92. The van der Waals surface area contributed by atoms with E-state index in [1.807, 2.05) is 26.0 Å². The number of likely N-dealkylation sites (N-methyl/N-ethyl adjacent to an activating group) is 2. The summed E-state index contributed by atoms with van der Waals surface area (Å²) >= 11 is 12.6. The van der Waals surface area contributed by atoms with Gasteiger partial charge in [-0.3, -0.25) is 9.52 Å². The maximum atomic E-state index is 12.2. The summed E-state index contributed by atoms with van der Waals surface area (Å²) in [6.07, 6.45) is 3.58. The molecule has 0 aliphatic carbocycles. The van der Waals surface area contributed by atoms with Crippen LogP contribution in [-0.4, -0.2) is 76.8 Å².